The van der Waals surface area contributed by atoms with Crippen LogP contribution in [0.15, 0.2) is 76.8 Å². The third-order valence-electron chi connectivity index (χ3n) is 5.40. The first-order valence-electron chi connectivity index (χ1n) is 11.1. The molecule has 37 heavy (non-hydrogen) atoms. The van der Waals surface area contributed by atoms with Crippen LogP contribution in [0.25, 0.3) is 10.4 Å². The van der Waals surface area contributed by atoms with E-state index in [0.29, 0.717) is 11.5 Å². The SMILES string of the molecule is COC(=O)[C@H](Cc1ccc(OC)c(OC)c1)N(N)/C=C(\N)CNS(=O)(=O)c1ccc(-c2ccccc2)s1. The predicted octanol–water partition coefficient (Wildman–Crippen LogP) is 2.47. The molecule has 0 amide bonds. The highest BCUT2D eigenvalue weighted by molar-refractivity contribution is 7.91. The molecular formula is C25H30N4O6S2. The number of carbonyl (C=O) groups is 1. The van der Waals surface area contributed by atoms with Crippen LogP contribution in [0, 0.1) is 0 Å². The van der Waals surface area contributed by atoms with Crippen molar-refractivity contribution in [2.24, 2.45) is 11.6 Å². The highest BCUT2D eigenvalue weighted by Crippen LogP contribution is 2.30. The van der Waals surface area contributed by atoms with E-state index >= 15 is 0 Å². The van der Waals surface area contributed by atoms with Crippen molar-refractivity contribution in [3.8, 4) is 21.9 Å². The maximum absolute atomic E-state index is 12.8. The van der Waals surface area contributed by atoms with Crippen LogP contribution >= 0.6 is 11.3 Å². The van der Waals surface area contributed by atoms with Gasteiger partial charge in [0, 0.05) is 23.2 Å². The molecule has 0 spiro atoms. The molecule has 2 aromatic carbocycles. The van der Waals surface area contributed by atoms with Crippen LogP contribution in [0.4, 0.5) is 0 Å². The fourth-order valence-corrected chi connectivity index (χ4v) is 5.85. The minimum absolute atomic E-state index is 0.104. The second kappa shape index (κ2) is 12.6. The molecule has 0 saturated carbocycles. The van der Waals surface area contributed by atoms with Gasteiger partial charge in [-0.3, -0.25) is 0 Å². The molecule has 0 radical (unpaired) electrons. The first kappa shape index (κ1) is 28.0. The van der Waals surface area contributed by atoms with E-state index in [0.717, 1.165) is 32.3 Å². The molecule has 10 nitrogen and oxygen atoms in total. The zero-order valence-corrected chi connectivity index (χ0v) is 22.3. The van der Waals surface area contributed by atoms with Gasteiger partial charge in [0.25, 0.3) is 0 Å². The molecule has 1 atom stereocenters. The summed E-state index contributed by atoms with van der Waals surface area (Å²) in [6, 6.07) is 17.1. The average molecular weight is 547 g/mol. The number of hydrogen-bond acceptors (Lipinski definition) is 10. The van der Waals surface area contributed by atoms with Gasteiger partial charge in [-0.05, 0) is 35.4 Å². The van der Waals surface area contributed by atoms with E-state index in [1.165, 1.54) is 27.5 Å². The van der Waals surface area contributed by atoms with Crippen molar-refractivity contribution in [2.45, 2.75) is 16.7 Å². The van der Waals surface area contributed by atoms with Crippen LogP contribution in [0.2, 0.25) is 0 Å². The summed E-state index contributed by atoms with van der Waals surface area (Å²) in [5.74, 6) is 6.59. The Morgan fingerprint density at radius 2 is 1.76 bits per heavy atom. The molecule has 0 bridgehead atoms. The lowest BCUT2D eigenvalue weighted by Crippen LogP contribution is -2.45. The van der Waals surface area contributed by atoms with Crippen LogP contribution in [0.5, 0.6) is 11.5 Å². The average Bonchev–Trinajstić information content (AvgIpc) is 3.42. The fourth-order valence-electron chi connectivity index (χ4n) is 3.48. The molecule has 12 heteroatoms. The topological polar surface area (TPSA) is 146 Å². The Morgan fingerprint density at radius 3 is 2.41 bits per heavy atom. The van der Waals surface area contributed by atoms with Gasteiger partial charge < -0.3 is 25.0 Å². The number of hydrogen-bond donors (Lipinski definition) is 3. The Bertz CT molecular complexity index is 1340. The molecule has 0 saturated heterocycles. The molecule has 0 aliphatic rings. The normalized spacial score (nSPS) is 12.6. The fraction of sp³-hybridized carbons (Fsp3) is 0.240. The molecule has 1 aromatic heterocycles. The lowest BCUT2D eigenvalue weighted by molar-refractivity contribution is -0.146. The molecule has 0 aliphatic heterocycles. The molecular weight excluding hydrogens is 516 g/mol. The second-order valence-electron chi connectivity index (χ2n) is 7.89. The van der Waals surface area contributed by atoms with Crippen molar-refractivity contribution in [3.05, 3.63) is 78.1 Å². The van der Waals surface area contributed by atoms with E-state index in [1.54, 1.807) is 30.3 Å². The summed E-state index contributed by atoms with van der Waals surface area (Å²) < 4.78 is 43.7. The van der Waals surface area contributed by atoms with Gasteiger partial charge in [0.05, 0.1) is 27.9 Å². The van der Waals surface area contributed by atoms with Crippen molar-refractivity contribution in [1.82, 2.24) is 9.73 Å². The standard InChI is InChI=1S/C25H30N4O6S2/c1-33-21-10-9-17(14-22(21)34-2)13-20(25(30)35-3)29(27)16-19(26)15-28-37(31,32)24-12-11-23(36-24)18-7-5-4-6-8-18/h4-12,14,16,20,28H,13,15,26-27H2,1-3H3/b19-16-/t20-/m0/s1. The number of carbonyl (C=O) groups excluding carboxylic acids is 1. The number of sulfonamides is 1. The number of ether oxygens (including phenoxy) is 3. The molecule has 5 N–H and O–H groups in total. The number of nitrogens with zero attached hydrogens (tertiary/aromatic N) is 1. The lowest BCUT2D eigenvalue weighted by Gasteiger charge is -2.25. The molecule has 3 aromatic rings. The summed E-state index contributed by atoms with van der Waals surface area (Å²) in [4.78, 5) is 13.3. The molecule has 0 unspecified atom stereocenters. The van der Waals surface area contributed by atoms with Crippen LogP contribution in [-0.4, -0.2) is 53.3 Å². The van der Waals surface area contributed by atoms with Gasteiger partial charge in [0.2, 0.25) is 10.0 Å². The number of nitrogens with two attached hydrogens (primary N) is 2. The molecule has 0 aliphatic carbocycles. The Morgan fingerprint density at radius 1 is 1.05 bits per heavy atom. The summed E-state index contributed by atoms with van der Waals surface area (Å²) in [7, 11) is 0.481. The number of thiophene rings is 1. The number of hydrazine groups is 1. The van der Waals surface area contributed by atoms with E-state index in [-0.39, 0.29) is 22.9 Å². The maximum atomic E-state index is 12.8. The van der Waals surface area contributed by atoms with Gasteiger partial charge in [-0.1, -0.05) is 36.4 Å². The Kier molecular flexibility index (Phi) is 9.53. The van der Waals surface area contributed by atoms with Crippen LogP contribution < -0.4 is 25.8 Å². The highest BCUT2D eigenvalue weighted by atomic mass is 32.2. The Labute approximate surface area is 220 Å². The van der Waals surface area contributed by atoms with Crippen LogP contribution in [0.3, 0.4) is 0 Å². The number of esters is 1. The van der Waals surface area contributed by atoms with E-state index in [1.807, 2.05) is 30.3 Å². The lowest BCUT2D eigenvalue weighted by atomic mass is 10.0. The Hall–Kier alpha value is -3.58. The quantitative estimate of drug-likeness (QED) is 0.177. The van der Waals surface area contributed by atoms with Gasteiger partial charge in [-0.2, -0.15) is 0 Å². The summed E-state index contributed by atoms with van der Waals surface area (Å²) in [6.07, 6.45) is 1.48. The van der Waals surface area contributed by atoms with Crippen molar-refractivity contribution >= 4 is 27.3 Å². The van der Waals surface area contributed by atoms with Crippen molar-refractivity contribution in [3.63, 3.8) is 0 Å². The second-order valence-corrected chi connectivity index (χ2v) is 11.0. The minimum Gasteiger partial charge on any atom is -0.493 e. The zero-order chi connectivity index (χ0) is 27.0. The number of benzene rings is 2. The summed E-state index contributed by atoms with van der Waals surface area (Å²) in [5.41, 5.74) is 7.81. The van der Waals surface area contributed by atoms with Crippen molar-refractivity contribution in [1.29, 1.82) is 0 Å². The monoisotopic (exact) mass is 546 g/mol. The zero-order valence-electron chi connectivity index (χ0n) is 20.7. The van der Waals surface area contributed by atoms with Gasteiger partial charge >= 0.3 is 5.97 Å². The molecule has 1 heterocycles. The number of methoxy groups -OCH3 is 3. The smallest absolute Gasteiger partial charge is 0.330 e. The van der Waals surface area contributed by atoms with Gasteiger partial charge in [0.15, 0.2) is 11.5 Å². The summed E-state index contributed by atoms with van der Waals surface area (Å²) >= 11 is 1.15. The van der Waals surface area contributed by atoms with E-state index < -0.39 is 22.0 Å². The minimum atomic E-state index is -3.81. The van der Waals surface area contributed by atoms with Crippen LogP contribution in [0.1, 0.15) is 5.56 Å². The molecule has 0 fully saturated rings. The van der Waals surface area contributed by atoms with Gasteiger partial charge in [-0.25, -0.2) is 23.8 Å². The van der Waals surface area contributed by atoms with E-state index in [9.17, 15) is 13.2 Å². The number of nitrogens with one attached hydrogen (secondary N) is 1. The Balaban J connectivity index is 1.69. The van der Waals surface area contributed by atoms with E-state index in [2.05, 4.69) is 4.72 Å². The third kappa shape index (κ3) is 7.23. The van der Waals surface area contributed by atoms with E-state index in [4.69, 9.17) is 25.8 Å². The maximum Gasteiger partial charge on any atom is 0.330 e. The van der Waals surface area contributed by atoms with Crippen molar-refractivity contribution < 1.29 is 27.4 Å². The molecule has 3 rings (SSSR count). The number of rotatable bonds is 12. The van der Waals surface area contributed by atoms with Gasteiger partial charge in [0.1, 0.15) is 10.3 Å². The summed E-state index contributed by atoms with van der Waals surface area (Å²) in [5, 5.41) is 1.10. The van der Waals surface area contributed by atoms with Gasteiger partial charge in [-0.15, -0.1) is 11.3 Å². The summed E-state index contributed by atoms with van der Waals surface area (Å²) in [6.45, 7) is -0.209. The third-order valence-corrected chi connectivity index (χ3v) is 8.42. The van der Waals surface area contributed by atoms with Crippen molar-refractivity contribution in [2.75, 3.05) is 27.9 Å². The molecule has 198 valence electrons. The largest absolute Gasteiger partial charge is 0.493 e. The van der Waals surface area contributed by atoms with Crippen LogP contribution in [-0.2, 0) is 26.0 Å². The predicted molar refractivity (Wildman–Crippen MR) is 142 cm³/mol. The first-order chi connectivity index (χ1) is 17.7. The first-order valence-corrected chi connectivity index (χ1v) is 13.4. The highest BCUT2D eigenvalue weighted by Gasteiger charge is 2.25.